The molecule has 0 spiro atoms. The Morgan fingerprint density at radius 1 is 1.43 bits per heavy atom. The van der Waals surface area contributed by atoms with Crippen LogP contribution in [0.5, 0.6) is 0 Å². The van der Waals surface area contributed by atoms with Crippen molar-refractivity contribution in [1.82, 2.24) is 9.88 Å². The number of thiazole rings is 1. The highest BCUT2D eigenvalue weighted by atomic mass is 32.1. The summed E-state index contributed by atoms with van der Waals surface area (Å²) >= 11 is 1.89. The van der Waals surface area contributed by atoms with E-state index in [1.165, 1.54) is 35.0 Å². The first kappa shape index (κ1) is 8.86. The van der Waals surface area contributed by atoms with Gasteiger partial charge < -0.3 is 0 Å². The lowest BCUT2D eigenvalue weighted by Crippen LogP contribution is -2.38. The zero-order valence-corrected chi connectivity index (χ0v) is 9.65. The molecule has 1 aromatic heterocycles. The fraction of sp³-hybridized carbons (Fsp3) is 0.727. The van der Waals surface area contributed by atoms with E-state index < -0.39 is 0 Å². The van der Waals surface area contributed by atoms with Crippen molar-refractivity contribution in [3.8, 4) is 0 Å². The third kappa shape index (κ3) is 1.30. The molecule has 1 aliphatic carbocycles. The molecule has 1 aliphatic heterocycles. The highest BCUT2D eigenvalue weighted by Crippen LogP contribution is 2.43. The topological polar surface area (TPSA) is 16.1 Å². The minimum atomic E-state index is 0.537. The van der Waals surface area contributed by atoms with Gasteiger partial charge in [0.15, 0.2) is 0 Å². The molecule has 2 nitrogen and oxygen atoms in total. The summed E-state index contributed by atoms with van der Waals surface area (Å²) in [4.78, 5) is 8.74. The Balaban J connectivity index is 1.86. The summed E-state index contributed by atoms with van der Waals surface area (Å²) in [6.45, 7) is 6.88. The summed E-state index contributed by atoms with van der Waals surface area (Å²) in [6, 6.07) is 0. The van der Waals surface area contributed by atoms with Gasteiger partial charge >= 0.3 is 0 Å². The molecule has 0 bridgehead atoms. The van der Waals surface area contributed by atoms with Crippen LogP contribution < -0.4 is 0 Å². The average Bonchev–Trinajstić information content (AvgIpc) is 2.79. The lowest BCUT2D eigenvalue weighted by molar-refractivity contribution is 0.174. The van der Waals surface area contributed by atoms with E-state index in [0.29, 0.717) is 5.54 Å². The number of rotatable bonds is 1. The summed E-state index contributed by atoms with van der Waals surface area (Å²) in [5, 5.41) is 1.23. The molecular weight excluding hydrogens is 192 g/mol. The molecule has 2 aliphatic rings. The van der Waals surface area contributed by atoms with E-state index in [0.717, 1.165) is 13.0 Å². The van der Waals surface area contributed by atoms with Crippen LogP contribution in [0.15, 0.2) is 0 Å². The molecule has 1 saturated carbocycles. The van der Waals surface area contributed by atoms with Crippen LogP contribution in [0.2, 0.25) is 0 Å². The second kappa shape index (κ2) is 2.80. The Morgan fingerprint density at radius 2 is 2.21 bits per heavy atom. The Hall–Kier alpha value is -0.410. The van der Waals surface area contributed by atoms with Crippen LogP contribution in [0.3, 0.4) is 0 Å². The van der Waals surface area contributed by atoms with Crippen molar-refractivity contribution in [1.29, 1.82) is 0 Å². The van der Waals surface area contributed by atoms with E-state index in [1.807, 2.05) is 11.3 Å². The largest absolute Gasteiger partial charge is 0.292 e. The smallest absolute Gasteiger partial charge is 0.0900 e. The molecular formula is C11H16N2S. The third-order valence-electron chi connectivity index (χ3n) is 3.58. The van der Waals surface area contributed by atoms with E-state index >= 15 is 0 Å². The predicted octanol–water partition coefficient (Wildman–Crippen LogP) is 2.36. The molecule has 3 heteroatoms. The molecule has 0 radical (unpaired) electrons. The van der Waals surface area contributed by atoms with Gasteiger partial charge in [0.1, 0.15) is 0 Å². The molecule has 1 fully saturated rings. The molecule has 0 atom stereocenters. The van der Waals surface area contributed by atoms with E-state index in [4.69, 9.17) is 0 Å². The SMILES string of the molecule is Cc1nc2c(s1)CN(C1(C)CC1)CC2. The van der Waals surface area contributed by atoms with Crippen LogP contribution >= 0.6 is 11.3 Å². The number of fused-ring (bicyclic) bond motifs is 1. The predicted molar refractivity (Wildman–Crippen MR) is 58.6 cm³/mol. The second-order valence-corrected chi connectivity index (χ2v) is 6.06. The molecule has 14 heavy (non-hydrogen) atoms. The molecule has 1 aromatic rings. The fourth-order valence-electron chi connectivity index (χ4n) is 2.28. The zero-order chi connectivity index (χ0) is 9.76. The van der Waals surface area contributed by atoms with Crippen molar-refractivity contribution in [2.24, 2.45) is 0 Å². The second-order valence-electron chi connectivity index (χ2n) is 4.77. The first-order chi connectivity index (χ1) is 6.67. The average molecular weight is 208 g/mol. The Morgan fingerprint density at radius 3 is 2.93 bits per heavy atom. The van der Waals surface area contributed by atoms with Gasteiger partial charge in [-0.1, -0.05) is 0 Å². The Labute approximate surface area is 89.0 Å². The maximum atomic E-state index is 4.58. The van der Waals surface area contributed by atoms with Gasteiger partial charge in [-0.3, -0.25) is 4.90 Å². The first-order valence-corrected chi connectivity index (χ1v) is 6.19. The van der Waals surface area contributed by atoms with E-state index in [-0.39, 0.29) is 0 Å². The summed E-state index contributed by atoms with van der Waals surface area (Å²) in [6.07, 6.45) is 3.94. The van der Waals surface area contributed by atoms with E-state index in [1.54, 1.807) is 0 Å². The molecule has 76 valence electrons. The Bertz CT molecular complexity index is 365. The Kier molecular flexibility index (Phi) is 1.77. The summed E-state index contributed by atoms with van der Waals surface area (Å²) < 4.78 is 0. The van der Waals surface area contributed by atoms with Crippen molar-refractivity contribution in [2.45, 2.75) is 45.2 Å². The summed E-state index contributed by atoms with van der Waals surface area (Å²) in [7, 11) is 0. The van der Waals surface area contributed by atoms with Crippen LogP contribution in [0.4, 0.5) is 0 Å². The number of aryl methyl sites for hydroxylation is 1. The molecule has 0 aromatic carbocycles. The monoisotopic (exact) mass is 208 g/mol. The van der Waals surface area contributed by atoms with Gasteiger partial charge in [0.05, 0.1) is 10.7 Å². The van der Waals surface area contributed by atoms with Crippen molar-refractivity contribution in [2.75, 3.05) is 6.54 Å². The minimum Gasteiger partial charge on any atom is -0.292 e. The summed E-state index contributed by atoms with van der Waals surface area (Å²) in [5.74, 6) is 0. The molecule has 0 N–H and O–H groups in total. The van der Waals surface area contributed by atoms with Crippen LogP contribution in [-0.4, -0.2) is 22.0 Å². The van der Waals surface area contributed by atoms with Crippen molar-refractivity contribution >= 4 is 11.3 Å². The fourth-order valence-corrected chi connectivity index (χ4v) is 3.28. The molecule has 2 heterocycles. The number of hydrogen-bond acceptors (Lipinski definition) is 3. The van der Waals surface area contributed by atoms with Gasteiger partial charge in [-0.2, -0.15) is 0 Å². The summed E-state index contributed by atoms with van der Waals surface area (Å²) in [5.41, 5.74) is 1.91. The molecule has 3 rings (SSSR count). The molecule has 0 saturated heterocycles. The third-order valence-corrected chi connectivity index (χ3v) is 4.57. The van der Waals surface area contributed by atoms with Crippen LogP contribution in [0.25, 0.3) is 0 Å². The number of nitrogens with zero attached hydrogens (tertiary/aromatic N) is 2. The quantitative estimate of drug-likeness (QED) is 0.704. The zero-order valence-electron chi connectivity index (χ0n) is 8.84. The number of aromatic nitrogens is 1. The van der Waals surface area contributed by atoms with Crippen molar-refractivity contribution in [3.63, 3.8) is 0 Å². The van der Waals surface area contributed by atoms with Crippen molar-refractivity contribution in [3.05, 3.63) is 15.6 Å². The van der Waals surface area contributed by atoms with Gasteiger partial charge in [0.2, 0.25) is 0 Å². The van der Waals surface area contributed by atoms with Crippen LogP contribution in [0.1, 0.15) is 35.3 Å². The normalized spacial score (nSPS) is 24.7. The van der Waals surface area contributed by atoms with Gasteiger partial charge in [-0.15, -0.1) is 11.3 Å². The van der Waals surface area contributed by atoms with Gasteiger partial charge in [-0.25, -0.2) is 4.98 Å². The van der Waals surface area contributed by atoms with Gasteiger partial charge in [-0.05, 0) is 26.7 Å². The van der Waals surface area contributed by atoms with Gasteiger partial charge in [0, 0.05) is 29.9 Å². The maximum absolute atomic E-state index is 4.58. The van der Waals surface area contributed by atoms with Crippen LogP contribution in [-0.2, 0) is 13.0 Å². The standard InChI is InChI=1S/C11H16N2S/c1-8-12-9-3-6-13(7-10(9)14-8)11(2)4-5-11/h3-7H2,1-2H3. The van der Waals surface area contributed by atoms with Gasteiger partial charge in [0.25, 0.3) is 0 Å². The highest BCUT2D eigenvalue weighted by Gasteiger charge is 2.44. The lowest BCUT2D eigenvalue weighted by Gasteiger charge is -2.31. The highest BCUT2D eigenvalue weighted by molar-refractivity contribution is 7.11. The molecule has 0 amide bonds. The van der Waals surface area contributed by atoms with Crippen LogP contribution in [0, 0.1) is 6.92 Å². The maximum Gasteiger partial charge on any atom is 0.0900 e. The lowest BCUT2D eigenvalue weighted by atomic mass is 10.1. The van der Waals surface area contributed by atoms with Crippen molar-refractivity contribution < 1.29 is 0 Å². The first-order valence-electron chi connectivity index (χ1n) is 5.38. The minimum absolute atomic E-state index is 0.537. The van der Waals surface area contributed by atoms with E-state index in [9.17, 15) is 0 Å². The molecule has 0 unspecified atom stereocenters. The number of hydrogen-bond donors (Lipinski definition) is 0. The van der Waals surface area contributed by atoms with E-state index in [2.05, 4.69) is 23.7 Å².